The Kier molecular flexibility index (Phi) is 25.7. The first-order valence-electron chi connectivity index (χ1n) is 18.4. The smallest absolute Gasteiger partial charge is 0.0431 e. The van der Waals surface area contributed by atoms with Gasteiger partial charge in [-0.2, -0.15) is 0 Å². The lowest BCUT2D eigenvalue weighted by atomic mass is 9.61. The molecule has 1 heteroatoms. The van der Waals surface area contributed by atoms with Crippen LogP contribution in [0.1, 0.15) is 207 Å². The van der Waals surface area contributed by atoms with E-state index in [4.69, 9.17) is 5.11 Å². The third-order valence-corrected chi connectivity index (χ3v) is 10.1. The molecule has 1 rings (SSSR count). The molecule has 0 radical (unpaired) electrons. The average molecular weight is 535 g/mol. The summed E-state index contributed by atoms with van der Waals surface area (Å²) in [6.45, 7) is 7.43. The number of aliphatic hydroxyl groups excluding tert-OH is 1. The van der Waals surface area contributed by atoms with E-state index in [2.05, 4.69) is 20.8 Å². The van der Waals surface area contributed by atoms with Crippen molar-refractivity contribution in [2.75, 3.05) is 6.61 Å². The van der Waals surface area contributed by atoms with E-state index in [1.165, 1.54) is 161 Å². The number of hydrogen-bond acceptors (Lipinski definition) is 1. The minimum absolute atomic E-state index is 0.376. The van der Waals surface area contributed by atoms with Gasteiger partial charge in [-0.05, 0) is 55.8 Å². The molecule has 0 saturated heterocycles. The van der Waals surface area contributed by atoms with Gasteiger partial charge in [-0.25, -0.2) is 0 Å². The Morgan fingerprint density at radius 1 is 0.368 bits per heavy atom. The quantitative estimate of drug-likeness (QED) is 0.0989. The number of unbranched alkanes of at least 4 members (excludes halogenated alkanes) is 19. The van der Waals surface area contributed by atoms with E-state index in [0.717, 1.165) is 30.1 Å². The van der Waals surface area contributed by atoms with Crippen LogP contribution < -0.4 is 0 Å². The molecule has 4 unspecified atom stereocenters. The largest absolute Gasteiger partial charge is 0.396 e. The fraction of sp³-hybridized carbons (Fsp3) is 1.00. The Balaban J connectivity index is 2.64. The normalized spacial score (nSPS) is 21.8. The SMILES string of the molecule is CCCCCCCCCC1CCC(CCCCCC)C(CCCCCC)C1CCCCCCCCCCO. The molecule has 4 atom stereocenters. The molecule has 0 aromatic carbocycles. The van der Waals surface area contributed by atoms with Gasteiger partial charge in [0.1, 0.15) is 0 Å². The van der Waals surface area contributed by atoms with E-state index >= 15 is 0 Å². The zero-order valence-electron chi connectivity index (χ0n) is 27.0. The highest BCUT2D eigenvalue weighted by molar-refractivity contribution is 4.88. The molecule has 1 aliphatic rings. The topological polar surface area (TPSA) is 20.2 Å². The van der Waals surface area contributed by atoms with Crippen LogP contribution in [-0.4, -0.2) is 11.7 Å². The minimum Gasteiger partial charge on any atom is -0.396 e. The van der Waals surface area contributed by atoms with Crippen molar-refractivity contribution >= 4 is 0 Å². The molecule has 38 heavy (non-hydrogen) atoms. The average Bonchev–Trinajstić information content (AvgIpc) is 2.93. The summed E-state index contributed by atoms with van der Waals surface area (Å²) in [7, 11) is 0. The standard InChI is InChI=1S/C37H74O/c1-4-7-10-13-16-19-23-28-35-32-31-34(27-22-11-8-5-2)36(29-24-12-9-6-3)37(35)30-25-20-17-14-15-18-21-26-33-38/h34-38H,4-33H2,1-3H3. The first-order valence-corrected chi connectivity index (χ1v) is 18.4. The predicted octanol–water partition coefficient (Wildman–Crippen LogP) is 12.8. The zero-order chi connectivity index (χ0) is 27.5. The van der Waals surface area contributed by atoms with Gasteiger partial charge < -0.3 is 5.11 Å². The van der Waals surface area contributed by atoms with Crippen LogP contribution in [0, 0.1) is 23.7 Å². The molecule has 0 spiro atoms. The molecule has 1 nitrogen and oxygen atoms in total. The molecule has 0 aliphatic heterocycles. The van der Waals surface area contributed by atoms with E-state index < -0.39 is 0 Å². The molecule has 0 amide bonds. The van der Waals surface area contributed by atoms with Gasteiger partial charge in [0.05, 0.1) is 0 Å². The van der Waals surface area contributed by atoms with Crippen LogP contribution in [0.4, 0.5) is 0 Å². The van der Waals surface area contributed by atoms with Crippen molar-refractivity contribution in [3.63, 3.8) is 0 Å². The van der Waals surface area contributed by atoms with Gasteiger partial charge in [-0.3, -0.25) is 0 Å². The summed E-state index contributed by atoms with van der Waals surface area (Å²) < 4.78 is 0. The maximum Gasteiger partial charge on any atom is 0.0431 e. The van der Waals surface area contributed by atoms with Gasteiger partial charge in [0.15, 0.2) is 0 Å². The van der Waals surface area contributed by atoms with E-state index in [0.29, 0.717) is 6.61 Å². The third kappa shape index (κ3) is 18.3. The van der Waals surface area contributed by atoms with Crippen LogP contribution in [-0.2, 0) is 0 Å². The highest BCUT2D eigenvalue weighted by Gasteiger charge is 2.37. The van der Waals surface area contributed by atoms with Crippen LogP contribution in [0.15, 0.2) is 0 Å². The van der Waals surface area contributed by atoms with Crippen molar-refractivity contribution in [2.24, 2.45) is 23.7 Å². The number of hydrogen-bond donors (Lipinski definition) is 1. The lowest BCUT2D eigenvalue weighted by Crippen LogP contribution is -2.35. The minimum atomic E-state index is 0.376. The maximum atomic E-state index is 8.99. The highest BCUT2D eigenvalue weighted by Crippen LogP contribution is 2.47. The zero-order valence-corrected chi connectivity index (χ0v) is 27.0. The van der Waals surface area contributed by atoms with Crippen molar-refractivity contribution in [1.29, 1.82) is 0 Å². The molecule has 0 heterocycles. The van der Waals surface area contributed by atoms with Gasteiger partial charge in [-0.15, -0.1) is 0 Å². The maximum absolute atomic E-state index is 8.99. The van der Waals surface area contributed by atoms with Crippen molar-refractivity contribution in [1.82, 2.24) is 0 Å². The first kappa shape index (κ1) is 36.0. The van der Waals surface area contributed by atoms with Crippen LogP contribution >= 0.6 is 0 Å². The summed E-state index contributed by atoms with van der Waals surface area (Å²) in [5.74, 6) is 4.14. The third-order valence-electron chi connectivity index (χ3n) is 10.1. The first-order chi connectivity index (χ1) is 18.8. The van der Waals surface area contributed by atoms with Crippen LogP contribution in [0.3, 0.4) is 0 Å². The van der Waals surface area contributed by atoms with E-state index in [1.807, 2.05) is 0 Å². The summed E-state index contributed by atoms with van der Waals surface area (Å²) in [5.41, 5.74) is 0. The molecule has 228 valence electrons. The highest BCUT2D eigenvalue weighted by atomic mass is 16.2. The molecule has 1 saturated carbocycles. The summed E-state index contributed by atoms with van der Waals surface area (Å²) in [6.07, 6.45) is 41.8. The van der Waals surface area contributed by atoms with Gasteiger partial charge in [-0.1, -0.05) is 175 Å². The summed E-state index contributed by atoms with van der Waals surface area (Å²) >= 11 is 0. The van der Waals surface area contributed by atoms with E-state index in [9.17, 15) is 0 Å². The van der Waals surface area contributed by atoms with Crippen LogP contribution in [0.2, 0.25) is 0 Å². The number of rotatable bonds is 28. The van der Waals surface area contributed by atoms with Crippen molar-refractivity contribution in [3.8, 4) is 0 Å². The van der Waals surface area contributed by atoms with Gasteiger partial charge >= 0.3 is 0 Å². The monoisotopic (exact) mass is 535 g/mol. The molecule has 1 fully saturated rings. The van der Waals surface area contributed by atoms with Gasteiger partial charge in [0, 0.05) is 6.61 Å². The lowest BCUT2D eigenvalue weighted by Gasteiger charge is -2.44. The fourth-order valence-corrected chi connectivity index (χ4v) is 7.73. The Labute approximate surface area is 242 Å². The molecule has 1 aliphatic carbocycles. The second kappa shape index (κ2) is 27.1. The van der Waals surface area contributed by atoms with E-state index in [1.54, 1.807) is 19.3 Å². The lowest BCUT2D eigenvalue weighted by molar-refractivity contribution is 0.0581. The summed E-state index contributed by atoms with van der Waals surface area (Å²) in [5, 5.41) is 8.99. The Morgan fingerprint density at radius 3 is 1.03 bits per heavy atom. The molecule has 1 N–H and O–H groups in total. The molecular weight excluding hydrogens is 460 g/mol. The van der Waals surface area contributed by atoms with Crippen LogP contribution in [0.25, 0.3) is 0 Å². The Bertz CT molecular complexity index is 458. The number of aliphatic hydroxyl groups is 1. The molecular formula is C37H74O. The second-order valence-corrected chi connectivity index (χ2v) is 13.4. The molecule has 0 aromatic heterocycles. The van der Waals surface area contributed by atoms with Crippen molar-refractivity contribution in [2.45, 2.75) is 207 Å². The van der Waals surface area contributed by atoms with E-state index in [-0.39, 0.29) is 0 Å². The molecule has 0 bridgehead atoms. The summed E-state index contributed by atoms with van der Waals surface area (Å²) in [6, 6.07) is 0. The summed E-state index contributed by atoms with van der Waals surface area (Å²) in [4.78, 5) is 0. The van der Waals surface area contributed by atoms with Crippen molar-refractivity contribution < 1.29 is 5.11 Å². The van der Waals surface area contributed by atoms with Crippen LogP contribution in [0.5, 0.6) is 0 Å². The molecule has 0 aromatic rings. The predicted molar refractivity (Wildman–Crippen MR) is 172 cm³/mol. The van der Waals surface area contributed by atoms with Crippen molar-refractivity contribution in [3.05, 3.63) is 0 Å². The fourth-order valence-electron chi connectivity index (χ4n) is 7.73. The second-order valence-electron chi connectivity index (χ2n) is 13.4. The van der Waals surface area contributed by atoms with Gasteiger partial charge in [0.25, 0.3) is 0 Å². The Hall–Kier alpha value is -0.0400. The van der Waals surface area contributed by atoms with Gasteiger partial charge in [0.2, 0.25) is 0 Å². The Morgan fingerprint density at radius 2 is 0.658 bits per heavy atom.